The van der Waals surface area contributed by atoms with Crippen molar-refractivity contribution in [2.45, 2.75) is 6.92 Å². The molecule has 1 heterocycles. The molecule has 0 saturated carbocycles. The van der Waals surface area contributed by atoms with Gasteiger partial charge in [0.2, 0.25) is 0 Å². The van der Waals surface area contributed by atoms with Crippen LogP contribution in [0.15, 0.2) is 12.1 Å². The molecule has 0 bridgehead atoms. The molecular weight excluding hydrogens is 225 g/mol. The number of halogens is 1. The lowest BCUT2D eigenvalue weighted by Gasteiger charge is -2.29. The molecule has 0 spiro atoms. The normalized spacial score (nSPS) is 16.0. The van der Waals surface area contributed by atoms with Crippen LogP contribution in [-0.2, 0) is 4.74 Å². The smallest absolute Gasteiger partial charge is 0.338 e. The van der Waals surface area contributed by atoms with Crippen LogP contribution in [0.4, 0.5) is 10.1 Å². The summed E-state index contributed by atoms with van der Waals surface area (Å²) in [6.45, 7) is 4.23. The second-order valence-corrected chi connectivity index (χ2v) is 4.02. The van der Waals surface area contributed by atoms with Crippen LogP contribution in [-0.4, -0.2) is 37.4 Å². The molecular formula is C12H14FNO3. The van der Waals surface area contributed by atoms with E-state index >= 15 is 0 Å². The van der Waals surface area contributed by atoms with Crippen LogP contribution in [0.2, 0.25) is 0 Å². The monoisotopic (exact) mass is 239 g/mol. The first-order valence-corrected chi connectivity index (χ1v) is 5.45. The van der Waals surface area contributed by atoms with E-state index in [0.29, 0.717) is 37.6 Å². The molecule has 1 aliphatic rings. The fourth-order valence-electron chi connectivity index (χ4n) is 2.00. The Morgan fingerprint density at radius 2 is 2.06 bits per heavy atom. The van der Waals surface area contributed by atoms with Gasteiger partial charge in [-0.15, -0.1) is 0 Å². The average molecular weight is 239 g/mol. The lowest BCUT2D eigenvalue weighted by molar-refractivity contribution is 0.0691. The van der Waals surface area contributed by atoms with E-state index in [0.717, 1.165) is 0 Å². The van der Waals surface area contributed by atoms with Crippen molar-refractivity contribution in [1.29, 1.82) is 0 Å². The van der Waals surface area contributed by atoms with Gasteiger partial charge >= 0.3 is 5.97 Å². The van der Waals surface area contributed by atoms with Gasteiger partial charge in [-0.2, -0.15) is 0 Å². The third-order valence-electron chi connectivity index (χ3n) is 2.86. The summed E-state index contributed by atoms with van der Waals surface area (Å²) in [5.74, 6) is -1.91. The number of aryl methyl sites for hydroxylation is 1. The minimum Gasteiger partial charge on any atom is -0.478 e. The summed E-state index contributed by atoms with van der Waals surface area (Å²) in [5, 5.41) is 8.87. The highest BCUT2D eigenvalue weighted by atomic mass is 19.1. The Bertz CT molecular complexity index is 418. The van der Waals surface area contributed by atoms with Gasteiger partial charge in [-0.3, -0.25) is 0 Å². The molecule has 0 aliphatic carbocycles. The summed E-state index contributed by atoms with van der Waals surface area (Å²) in [7, 11) is 0. The number of hydrogen-bond acceptors (Lipinski definition) is 3. The quantitative estimate of drug-likeness (QED) is 0.852. The first-order valence-electron chi connectivity index (χ1n) is 5.45. The summed E-state index contributed by atoms with van der Waals surface area (Å²) >= 11 is 0. The molecule has 1 N–H and O–H groups in total. The molecule has 1 aromatic carbocycles. The first-order chi connectivity index (χ1) is 8.09. The van der Waals surface area contributed by atoms with Gasteiger partial charge in [0.05, 0.1) is 18.8 Å². The van der Waals surface area contributed by atoms with Crippen LogP contribution >= 0.6 is 0 Å². The SMILES string of the molecule is Cc1cc(N2CCOCC2)cc(F)c1C(=O)O. The number of morpholine rings is 1. The summed E-state index contributed by atoms with van der Waals surface area (Å²) in [4.78, 5) is 12.8. The maximum atomic E-state index is 13.7. The first kappa shape index (κ1) is 11.9. The number of ether oxygens (including phenoxy) is 1. The lowest BCUT2D eigenvalue weighted by Crippen LogP contribution is -2.36. The molecule has 17 heavy (non-hydrogen) atoms. The molecule has 2 rings (SSSR count). The molecule has 4 nitrogen and oxygen atoms in total. The zero-order valence-electron chi connectivity index (χ0n) is 9.57. The zero-order valence-corrected chi connectivity index (χ0v) is 9.57. The summed E-state index contributed by atoms with van der Waals surface area (Å²) in [5.41, 5.74) is 0.911. The standard InChI is InChI=1S/C12H14FNO3/c1-8-6-9(14-2-4-17-5-3-14)7-10(13)11(8)12(15)16/h6-7H,2-5H2,1H3,(H,15,16). The highest BCUT2D eigenvalue weighted by molar-refractivity contribution is 5.90. The van der Waals surface area contributed by atoms with E-state index in [2.05, 4.69) is 0 Å². The Labute approximate surface area is 98.6 Å². The van der Waals surface area contributed by atoms with Crippen molar-refractivity contribution in [3.63, 3.8) is 0 Å². The Kier molecular flexibility index (Phi) is 3.28. The number of carboxylic acids is 1. The van der Waals surface area contributed by atoms with E-state index in [4.69, 9.17) is 9.84 Å². The number of hydrogen-bond donors (Lipinski definition) is 1. The summed E-state index contributed by atoms with van der Waals surface area (Å²) in [6.07, 6.45) is 0. The molecule has 5 heteroatoms. The van der Waals surface area contributed by atoms with Crippen LogP contribution in [0.5, 0.6) is 0 Å². The Morgan fingerprint density at radius 1 is 1.41 bits per heavy atom. The van der Waals surface area contributed by atoms with E-state index < -0.39 is 11.8 Å². The Hall–Kier alpha value is -1.62. The molecule has 0 aromatic heterocycles. The molecule has 1 fully saturated rings. The van der Waals surface area contributed by atoms with Gasteiger partial charge in [-0.25, -0.2) is 9.18 Å². The number of carboxylic acid groups (broad SMARTS) is 1. The molecule has 0 unspecified atom stereocenters. The molecule has 0 radical (unpaired) electrons. The number of anilines is 1. The van der Waals surface area contributed by atoms with Gasteiger partial charge in [-0.05, 0) is 24.6 Å². The second-order valence-electron chi connectivity index (χ2n) is 4.02. The van der Waals surface area contributed by atoms with E-state index in [-0.39, 0.29) is 5.56 Å². The largest absolute Gasteiger partial charge is 0.478 e. The Morgan fingerprint density at radius 3 is 2.59 bits per heavy atom. The van der Waals surface area contributed by atoms with Gasteiger partial charge in [0.1, 0.15) is 5.82 Å². The number of aromatic carboxylic acids is 1. The van der Waals surface area contributed by atoms with Crippen molar-refractivity contribution in [3.8, 4) is 0 Å². The Balaban J connectivity index is 2.34. The maximum absolute atomic E-state index is 13.7. The molecule has 1 saturated heterocycles. The number of rotatable bonds is 2. The van der Waals surface area contributed by atoms with Gasteiger partial charge in [0.25, 0.3) is 0 Å². The number of carbonyl (C=O) groups is 1. The third-order valence-corrected chi connectivity index (χ3v) is 2.86. The van der Waals surface area contributed by atoms with Crippen LogP contribution in [0.3, 0.4) is 0 Å². The molecule has 1 aliphatic heterocycles. The maximum Gasteiger partial charge on any atom is 0.338 e. The molecule has 92 valence electrons. The minimum atomic E-state index is -1.23. The predicted octanol–water partition coefficient (Wildman–Crippen LogP) is 1.67. The second kappa shape index (κ2) is 4.71. The predicted molar refractivity (Wildman–Crippen MR) is 61.1 cm³/mol. The van der Waals surface area contributed by atoms with Crippen LogP contribution in [0, 0.1) is 12.7 Å². The van der Waals surface area contributed by atoms with Crippen LogP contribution in [0.25, 0.3) is 0 Å². The van der Waals surface area contributed by atoms with E-state index in [1.165, 1.54) is 6.07 Å². The van der Waals surface area contributed by atoms with Gasteiger partial charge in [0.15, 0.2) is 0 Å². The zero-order chi connectivity index (χ0) is 12.4. The number of nitrogens with zero attached hydrogens (tertiary/aromatic N) is 1. The van der Waals surface area contributed by atoms with Crippen molar-refractivity contribution >= 4 is 11.7 Å². The van der Waals surface area contributed by atoms with Crippen LogP contribution < -0.4 is 4.90 Å². The molecule has 0 amide bonds. The van der Waals surface area contributed by atoms with Crippen molar-refractivity contribution in [2.24, 2.45) is 0 Å². The van der Waals surface area contributed by atoms with E-state index in [9.17, 15) is 9.18 Å². The van der Waals surface area contributed by atoms with Crippen molar-refractivity contribution < 1.29 is 19.0 Å². The molecule has 1 aromatic rings. The lowest BCUT2D eigenvalue weighted by atomic mass is 10.1. The fourth-order valence-corrected chi connectivity index (χ4v) is 2.00. The molecule has 0 atom stereocenters. The van der Waals surface area contributed by atoms with Crippen molar-refractivity contribution in [1.82, 2.24) is 0 Å². The average Bonchev–Trinajstić information content (AvgIpc) is 2.28. The van der Waals surface area contributed by atoms with Gasteiger partial charge < -0.3 is 14.7 Å². The number of benzene rings is 1. The highest BCUT2D eigenvalue weighted by Crippen LogP contribution is 2.23. The minimum absolute atomic E-state index is 0.248. The fraction of sp³-hybridized carbons (Fsp3) is 0.417. The highest BCUT2D eigenvalue weighted by Gasteiger charge is 2.18. The van der Waals surface area contributed by atoms with E-state index in [1.54, 1.807) is 13.0 Å². The summed E-state index contributed by atoms with van der Waals surface area (Å²) in [6, 6.07) is 2.99. The van der Waals surface area contributed by atoms with E-state index in [1.807, 2.05) is 4.90 Å². The van der Waals surface area contributed by atoms with Gasteiger partial charge in [-0.1, -0.05) is 0 Å². The summed E-state index contributed by atoms with van der Waals surface area (Å²) < 4.78 is 18.9. The van der Waals surface area contributed by atoms with Crippen LogP contribution in [0.1, 0.15) is 15.9 Å². The third kappa shape index (κ3) is 2.39. The topological polar surface area (TPSA) is 49.8 Å². The van der Waals surface area contributed by atoms with Gasteiger partial charge in [0, 0.05) is 18.8 Å². The van der Waals surface area contributed by atoms with Crippen molar-refractivity contribution in [3.05, 3.63) is 29.1 Å². The van der Waals surface area contributed by atoms with Crippen molar-refractivity contribution in [2.75, 3.05) is 31.2 Å².